The number of nitrogens with zero attached hydrogens (tertiary/aromatic N) is 3. The summed E-state index contributed by atoms with van der Waals surface area (Å²) < 4.78 is 2.42. The Morgan fingerprint density at radius 2 is 1.09 bits per heavy atom. The van der Waals surface area contributed by atoms with Gasteiger partial charge in [0.15, 0.2) is 5.82 Å². The second kappa shape index (κ2) is 9.37. The summed E-state index contributed by atoms with van der Waals surface area (Å²) >= 11 is 0. The summed E-state index contributed by atoms with van der Waals surface area (Å²) in [6.45, 7) is 0. The van der Waals surface area contributed by atoms with Gasteiger partial charge in [0.1, 0.15) is 0 Å². The summed E-state index contributed by atoms with van der Waals surface area (Å²) in [5.74, 6) is 0.730. The second-order valence-electron chi connectivity index (χ2n) is 11.0. The second-order valence-corrected chi connectivity index (χ2v) is 11.0. The molecule has 0 atom stereocenters. The molecule has 0 saturated heterocycles. The molecule has 2 aromatic heterocycles. The lowest BCUT2D eigenvalue weighted by molar-refractivity contribution is 1.19. The zero-order valence-corrected chi connectivity index (χ0v) is 23.3. The minimum atomic E-state index is 0.730. The molecule has 0 N–H and O–H groups in total. The van der Waals surface area contributed by atoms with Crippen molar-refractivity contribution in [1.29, 1.82) is 0 Å². The zero-order valence-electron chi connectivity index (χ0n) is 23.3. The number of hydrogen-bond donors (Lipinski definition) is 0. The number of rotatable bonds is 3. The molecule has 0 aliphatic rings. The van der Waals surface area contributed by atoms with Crippen LogP contribution in [0.1, 0.15) is 0 Å². The van der Waals surface area contributed by atoms with Crippen LogP contribution in [0.5, 0.6) is 0 Å². The van der Waals surface area contributed by atoms with Crippen molar-refractivity contribution in [3.05, 3.63) is 152 Å². The standard InChI is InChI=1S/C40H25N3/c1-2-13-27(14-3-1)39-32-18-8-10-20-34(32)41-40(42-39)31-23-25-36(30-17-7-6-16-29(30)31)43-35-21-11-9-19-33(35)38-28-15-5-4-12-26(28)22-24-37(38)43/h1-25H. The highest BCUT2D eigenvalue weighted by atomic mass is 15.0. The van der Waals surface area contributed by atoms with Crippen molar-refractivity contribution in [2.45, 2.75) is 0 Å². The molecule has 3 nitrogen and oxygen atoms in total. The van der Waals surface area contributed by atoms with Crippen molar-refractivity contribution in [2.75, 3.05) is 0 Å². The lowest BCUT2D eigenvalue weighted by Gasteiger charge is -2.15. The van der Waals surface area contributed by atoms with Crippen LogP contribution >= 0.6 is 0 Å². The average Bonchev–Trinajstić information content (AvgIpc) is 3.42. The third-order valence-corrected chi connectivity index (χ3v) is 8.60. The summed E-state index contributed by atoms with van der Waals surface area (Å²) in [4.78, 5) is 10.3. The van der Waals surface area contributed by atoms with Gasteiger partial charge in [0.25, 0.3) is 0 Å². The van der Waals surface area contributed by atoms with Gasteiger partial charge < -0.3 is 4.57 Å². The molecule has 0 spiro atoms. The minimum Gasteiger partial charge on any atom is -0.309 e. The SMILES string of the molecule is c1ccc(-c2nc(-c3ccc(-n4c5ccccc5c5c6ccccc6ccc54)c4ccccc34)nc3ccccc23)cc1. The summed E-state index contributed by atoms with van der Waals surface area (Å²) in [5.41, 5.74) is 7.53. The van der Waals surface area contributed by atoms with Crippen molar-refractivity contribution in [3.63, 3.8) is 0 Å². The van der Waals surface area contributed by atoms with Crippen LogP contribution in [0, 0.1) is 0 Å². The minimum absolute atomic E-state index is 0.730. The molecule has 0 amide bonds. The fourth-order valence-electron chi connectivity index (χ4n) is 6.69. The first-order valence-electron chi connectivity index (χ1n) is 14.6. The number of hydrogen-bond acceptors (Lipinski definition) is 2. The van der Waals surface area contributed by atoms with E-state index in [0.29, 0.717) is 0 Å². The largest absolute Gasteiger partial charge is 0.309 e. The van der Waals surface area contributed by atoms with Crippen LogP contribution < -0.4 is 0 Å². The van der Waals surface area contributed by atoms with Crippen LogP contribution in [-0.2, 0) is 0 Å². The first kappa shape index (κ1) is 23.9. The van der Waals surface area contributed by atoms with E-state index in [1.807, 2.05) is 12.1 Å². The van der Waals surface area contributed by atoms with Gasteiger partial charge in [-0.3, -0.25) is 0 Å². The maximum Gasteiger partial charge on any atom is 0.161 e. The van der Waals surface area contributed by atoms with Crippen LogP contribution in [0.2, 0.25) is 0 Å². The topological polar surface area (TPSA) is 30.7 Å². The molecule has 9 aromatic rings. The van der Waals surface area contributed by atoms with Gasteiger partial charge in [0.05, 0.1) is 27.9 Å². The molecule has 0 unspecified atom stereocenters. The molecular weight excluding hydrogens is 522 g/mol. The van der Waals surface area contributed by atoms with Crippen LogP contribution in [0.15, 0.2) is 152 Å². The average molecular weight is 548 g/mol. The van der Waals surface area contributed by atoms with E-state index >= 15 is 0 Å². The van der Waals surface area contributed by atoms with Crippen molar-refractivity contribution in [3.8, 4) is 28.3 Å². The van der Waals surface area contributed by atoms with Gasteiger partial charge in [0, 0.05) is 32.7 Å². The summed E-state index contributed by atoms with van der Waals surface area (Å²) in [6.07, 6.45) is 0. The van der Waals surface area contributed by atoms with Gasteiger partial charge in [-0.25, -0.2) is 9.97 Å². The number of benzene rings is 7. The van der Waals surface area contributed by atoms with Crippen LogP contribution in [-0.4, -0.2) is 14.5 Å². The molecule has 0 aliphatic heterocycles. The Morgan fingerprint density at radius 3 is 1.95 bits per heavy atom. The number of aromatic nitrogens is 3. The first-order chi connectivity index (χ1) is 21.3. The number of fused-ring (bicyclic) bond motifs is 7. The molecule has 0 saturated carbocycles. The Hall–Kier alpha value is -5.80. The van der Waals surface area contributed by atoms with Crippen molar-refractivity contribution in [2.24, 2.45) is 0 Å². The highest BCUT2D eigenvalue weighted by Crippen LogP contribution is 2.40. The quantitative estimate of drug-likeness (QED) is 0.220. The molecule has 2 heterocycles. The Labute approximate surface area is 248 Å². The predicted octanol–water partition coefficient (Wildman–Crippen LogP) is 10.4. The summed E-state index contributed by atoms with van der Waals surface area (Å²) in [6, 6.07) is 53.6. The fraction of sp³-hybridized carbons (Fsp3) is 0. The van der Waals surface area contributed by atoms with Gasteiger partial charge in [0.2, 0.25) is 0 Å². The molecule has 0 aliphatic carbocycles. The van der Waals surface area contributed by atoms with E-state index in [1.165, 1.54) is 32.6 Å². The summed E-state index contributed by atoms with van der Waals surface area (Å²) in [5, 5.41) is 8.40. The fourth-order valence-corrected chi connectivity index (χ4v) is 6.69. The zero-order chi connectivity index (χ0) is 28.3. The van der Waals surface area contributed by atoms with Gasteiger partial charge in [-0.15, -0.1) is 0 Å². The van der Waals surface area contributed by atoms with E-state index in [2.05, 4.69) is 144 Å². The monoisotopic (exact) mass is 547 g/mol. The van der Waals surface area contributed by atoms with Gasteiger partial charge in [-0.2, -0.15) is 0 Å². The predicted molar refractivity (Wildman–Crippen MR) is 180 cm³/mol. The van der Waals surface area contributed by atoms with Crippen molar-refractivity contribution < 1.29 is 0 Å². The third kappa shape index (κ3) is 3.62. The first-order valence-corrected chi connectivity index (χ1v) is 14.6. The van der Waals surface area contributed by atoms with E-state index in [1.54, 1.807) is 0 Å². The molecule has 0 fully saturated rings. The third-order valence-electron chi connectivity index (χ3n) is 8.60. The van der Waals surface area contributed by atoms with E-state index < -0.39 is 0 Å². The number of para-hydroxylation sites is 2. The maximum atomic E-state index is 5.20. The Kier molecular flexibility index (Phi) is 5.20. The molecule has 9 rings (SSSR count). The van der Waals surface area contributed by atoms with E-state index in [9.17, 15) is 0 Å². The van der Waals surface area contributed by atoms with Gasteiger partial charge in [-0.1, -0.05) is 121 Å². The molecular formula is C40H25N3. The van der Waals surface area contributed by atoms with Crippen molar-refractivity contribution >= 4 is 54.3 Å². The Balaban J connectivity index is 1.34. The summed E-state index contributed by atoms with van der Waals surface area (Å²) in [7, 11) is 0. The van der Waals surface area contributed by atoms with E-state index in [0.717, 1.165) is 50.0 Å². The van der Waals surface area contributed by atoms with E-state index in [4.69, 9.17) is 9.97 Å². The molecule has 7 aromatic carbocycles. The normalized spacial score (nSPS) is 11.7. The Bertz CT molecular complexity index is 2510. The lowest BCUT2D eigenvalue weighted by Crippen LogP contribution is -1.99. The van der Waals surface area contributed by atoms with Gasteiger partial charge in [-0.05, 0) is 46.5 Å². The van der Waals surface area contributed by atoms with Gasteiger partial charge >= 0.3 is 0 Å². The van der Waals surface area contributed by atoms with E-state index in [-0.39, 0.29) is 0 Å². The van der Waals surface area contributed by atoms with Crippen LogP contribution in [0.4, 0.5) is 0 Å². The Morgan fingerprint density at radius 1 is 0.419 bits per heavy atom. The molecule has 3 heteroatoms. The molecule has 0 bridgehead atoms. The van der Waals surface area contributed by atoms with Crippen molar-refractivity contribution in [1.82, 2.24) is 14.5 Å². The smallest absolute Gasteiger partial charge is 0.161 e. The molecule has 200 valence electrons. The maximum absolute atomic E-state index is 5.20. The highest BCUT2D eigenvalue weighted by molar-refractivity contribution is 6.22. The molecule has 0 radical (unpaired) electrons. The highest BCUT2D eigenvalue weighted by Gasteiger charge is 2.19. The molecule has 43 heavy (non-hydrogen) atoms. The van der Waals surface area contributed by atoms with Crippen LogP contribution in [0.3, 0.4) is 0 Å². The lowest BCUT2D eigenvalue weighted by atomic mass is 10.0. The van der Waals surface area contributed by atoms with Crippen LogP contribution in [0.25, 0.3) is 82.6 Å².